The number of carbonyl (C=O) groups excluding carboxylic acids is 13. The first-order valence-electron chi connectivity index (χ1n) is 49.5. The number of Topliss-reactive ketones (excluding diaryl/α,β-unsaturated/α-hetero) is 2. The molecule has 0 bridgehead atoms. The van der Waals surface area contributed by atoms with Crippen molar-refractivity contribution >= 4 is 82.9 Å². The summed E-state index contributed by atoms with van der Waals surface area (Å²) in [5, 5.41) is 21.5. The number of carboxylic acid groups (broad SMARTS) is 1. The van der Waals surface area contributed by atoms with Gasteiger partial charge in [0.1, 0.15) is 46.6 Å². The van der Waals surface area contributed by atoms with Crippen LogP contribution in [-0.4, -0.2) is 174 Å². The number of amides is 5. The topological polar surface area (TPSA) is 427 Å². The minimum absolute atomic E-state index is 0.0117. The lowest BCUT2D eigenvalue weighted by Crippen LogP contribution is -2.54. The van der Waals surface area contributed by atoms with Crippen LogP contribution in [0.1, 0.15) is 291 Å². The lowest BCUT2D eigenvalue weighted by Gasteiger charge is -2.26. The third-order valence-corrected chi connectivity index (χ3v) is 20.7. The van der Waals surface area contributed by atoms with Gasteiger partial charge in [-0.3, -0.25) is 57.5 Å². The van der Waals surface area contributed by atoms with Crippen LogP contribution in [0.2, 0.25) is 0 Å². The molecule has 0 unspecified atom stereocenters. The molecule has 0 aliphatic carbocycles. The summed E-state index contributed by atoms with van der Waals surface area (Å²) in [7, 11) is 2.79. The molecule has 10 N–H and O–H groups in total. The van der Waals surface area contributed by atoms with Crippen LogP contribution in [0, 0.1) is 53.3 Å². The summed E-state index contributed by atoms with van der Waals surface area (Å²) < 4.78 is 68.3. The van der Waals surface area contributed by atoms with E-state index in [0.717, 1.165) is 42.4 Å². The first-order valence-corrected chi connectivity index (χ1v) is 49.5. The van der Waals surface area contributed by atoms with Crippen molar-refractivity contribution < 1.29 is 114 Å². The Kier molecular flexibility index (Phi) is 65.2. The Morgan fingerprint density at radius 2 is 0.585 bits per heavy atom. The Morgan fingerprint density at radius 3 is 0.859 bits per heavy atom. The number of alkyl halides is 3. The molecule has 0 spiro atoms. The largest absolute Gasteiger partial charge is 0.481 e. The fourth-order valence-electron chi connectivity index (χ4n) is 13.8. The Balaban J connectivity index is 0. The summed E-state index contributed by atoms with van der Waals surface area (Å²) in [6.07, 6.45) is 2.25. The second-order valence-electron chi connectivity index (χ2n) is 41.2. The van der Waals surface area contributed by atoms with Gasteiger partial charge in [-0.2, -0.15) is 13.2 Å². The molecular formula is C111H172F3N7O21. The van der Waals surface area contributed by atoms with Crippen LogP contribution < -0.4 is 38.1 Å². The molecule has 798 valence electrons. The van der Waals surface area contributed by atoms with Gasteiger partial charge in [-0.05, 0) is 224 Å². The monoisotopic (exact) mass is 2000 g/mol. The number of methoxy groups -OCH3 is 2. The fraction of sp³-hybridized carbons (Fsp3) is 0.604. The molecule has 5 rings (SSSR count). The number of ether oxygens (including phenoxy) is 6. The maximum absolute atomic E-state index is 12.8. The summed E-state index contributed by atoms with van der Waals surface area (Å²) in [6, 6.07) is 43.0. The first-order chi connectivity index (χ1) is 66.0. The molecule has 0 radical (unpaired) electrons. The van der Waals surface area contributed by atoms with Gasteiger partial charge in [0.25, 0.3) is 0 Å². The number of benzene rings is 5. The van der Waals surface area contributed by atoms with E-state index in [4.69, 9.17) is 45.0 Å². The van der Waals surface area contributed by atoms with Crippen molar-refractivity contribution in [2.75, 3.05) is 20.8 Å². The number of carboxylic acids is 1. The third kappa shape index (κ3) is 65.8. The average molecular weight is 2000 g/mol. The molecule has 142 heavy (non-hydrogen) atoms. The van der Waals surface area contributed by atoms with Crippen molar-refractivity contribution in [3.05, 3.63) is 179 Å². The highest BCUT2D eigenvalue weighted by Crippen LogP contribution is 2.24. The number of hydrogen-bond acceptors (Lipinski definition) is 22. The van der Waals surface area contributed by atoms with Gasteiger partial charge < -0.3 is 71.6 Å². The normalized spacial score (nSPS) is 13.4. The number of hydrogen-bond donors (Lipinski definition) is 8. The summed E-state index contributed by atoms with van der Waals surface area (Å²) in [6.45, 7) is 49.5. The standard InChI is InChI=1S/C24H37NO4.C21H33NO3.C20H25F3N2O5.C18H27NO3.C12H16O2.C10H21NO2.C6H13NO2/c1-7-19(16-18-11-9-8-10-12-18)23(28)25-20(15-17(2)3)21(26)13-14-22(27)29-24(4,5)6;1-7-17(14-16-11-9-8-10-12-16)19(23)22-18(13-15(2)3)20(24)25-21(4,5)6;1-12(2)10-14(16(26)8-9-17(27)28)24-18(29)15(25-19(30)20(21,22)23)11-13-6-4-3-5-7-13;1-5-15(12-14-9-7-6-8-10-14)17(20)19-16(11-13(2)3)18(21)22-4;1-3-11(12(13)14-2)9-10-7-5-4-6-8-10;1-7(2)6-8(11)9(12)13-10(3,4)5;1-6(2,3)9-5(8)4-7/h8-12,17,19-20H,7,13-16H2,1-6H3,(H,25,28);8-12,15,17-18H,7,13-14H2,1-6H3,(H,22,23);3-7,12,14-15H,8-11H2,1-2H3,(H,24,29)(H,25,30)(H,27,28);6-10,13,15-16H,5,11-12H2,1-4H3,(H,19,20);4-8,11H,3,9H2,1-2H3;7-8H,6,11H2,1-5H3;4,7H2,1-3H3/t19-,20-;17-,18-;14-,15-;15-,16-;11-;8-;/m000000./s1. The highest BCUT2D eigenvalue weighted by atomic mass is 19.4. The van der Waals surface area contributed by atoms with Crippen molar-refractivity contribution in [3.8, 4) is 0 Å². The van der Waals surface area contributed by atoms with Crippen LogP contribution >= 0.6 is 0 Å². The number of esters is 6. The minimum Gasteiger partial charge on any atom is -0.481 e. The van der Waals surface area contributed by atoms with Gasteiger partial charge >= 0.3 is 53.9 Å². The van der Waals surface area contributed by atoms with E-state index in [-0.39, 0.29) is 133 Å². The molecule has 0 saturated carbocycles. The molecule has 5 aromatic rings. The summed E-state index contributed by atoms with van der Waals surface area (Å²) >= 11 is 0. The molecule has 0 aliphatic heterocycles. The highest BCUT2D eigenvalue weighted by molar-refractivity contribution is 5.95. The molecular weight excluding hydrogens is 1820 g/mol. The van der Waals surface area contributed by atoms with Crippen LogP contribution in [0.5, 0.6) is 0 Å². The lowest BCUT2D eigenvalue weighted by molar-refractivity contribution is -0.174. The third-order valence-electron chi connectivity index (χ3n) is 20.7. The van der Waals surface area contributed by atoms with Crippen molar-refractivity contribution in [1.29, 1.82) is 0 Å². The molecule has 5 amide bonds. The zero-order valence-electron chi connectivity index (χ0n) is 89.9. The van der Waals surface area contributed by atoms with Crippen LogP contribution in [0.15, 0.2) is 152 Å². The Hall–Kier alpha value is -11.2. The van der Waals surface area contributed by atoms with Gasteiger partial charge in [-0.1, -0.05) is 249 Å². The van der Waals surface area contributed by atoms with Crippen LogP contribution in [-0.2, 0) is 128 Å². The van der Waals surface area contributed by atoms with Crippen LogP contribution in [0.25, 0.3) is 0 Å². The second-order valence-corrected chi connectivity index (χ2v) is 41.2. The quantitative estimate of drug-likeness (QED) is 0.0132. The van der Waals surface area contributed by atoms with Crippen molar-refractivity contribution in [1.82, 2.24) is 26.6 Å². The van der Waals surface area contributed by atoms with E-state index in [1.54, 1.807) is 91.0 Å². The van der Waals surface area contributed by atoms with Gasteiger partial charge in [-0.15, -0.1) is 0 Å². The van der Waals surface area contributed by atoms with E-state index < -0.39 is 101 Å². The smallest absolute Gasteiger partial charge is 0.471 e. The highest BCUT2D eigenvalue weighted by Gasteiger charge is 2.42. The number of aliphatic carboxylic acids is 1. The van der Waals surface area contributed by atoms with E-state index in [1.807, 2.05) is 246 Å². The van der Waals surface area contributed by atoms with Crippen LogP contribution in [0.3, 0.4) is 0 Å². The van der Waals surface area contributed by atoms with Gasteiger partial charge in [-0.25, -0.2) is 9.59 Å². The lowest BCUT2D eigenvalue weighted by atomic mass is 9.93. The van der Waals surface area contributed by atoms with E-state index in [1.165, 1.54) is 19.8 Å². The zero-order chi connectivity index (χ0) is 109. The second kappa shape index (κ2) is 69.7. The van der Waals surface area contributed by atoms with E-state index in [2.05, 4.69) is 21.3 Å². The number of carbonyl (C=O) groups is 14. The van der Waals surface area contributed by atoms with Gasteiger partial charge in [0.05, 0.1) is 51.6 Å². The average Bonchev–Trinajstić information content (AvgIpc) is 0.959. The minimum atomic E-state index is -5.18. The molecule has 28 nitrogen and oxygen atoms in total. The van der Waals surface area contributed by atoms with Crippen molar-refractivity contribution in [3.63, 3.8) is 0 Å². The number of nitrogens with two attached hydrogens (primary N) is 2. The van der Waals surface area contributed by atoms with E-state index in [0.29, 0.717) is 68.8 Å². The Morgan fingerprint density at radius 1 is 0.317 bits per heavy atom. The van der Waals surface area contributed by atoms with E-state index >= 15 is 0 Å². The van der Waals surface area contributed by atoms with Crippen LogP contribution in [0.4, 0.5) is 13.2 Å². The Bertz CT molecular complexity index is 4490. The first kappa shape index (κ1) is 133. The molecule has 0 aromatic heterocycles. The molecule has 0 aliphatic rings. The zero-order valence-corrected chi connectivity index (χ0v) is 89.9. The van der Waals surface area contributed by atoms with Gasteiger partial charge in [0.15, 0.2) is 11.6 Å². The maximum Gasteiger partial charge on any atom is 0.471 e. The summed E-state index contributed by atoms with van der Waals surface area (Å²) in [4.78, 5) is 167. The fourth-order valence-corrected chi connectivity index (χ4v) is 13.8. The summed E-state index contributed by atoms with van der Waals surface area (Å²) in [5.74, 6) is -6.52. The molecule has 0 saturated heterocycles. The van der Waals surface area contributed by atoms with E-state index in [9.17, 15) is 80.3 Å². The molecule has 31 heteroatoms. The molecule has 5 aromatic carbocycles. The van der Waals surface area contributed by atoms with Crippen molar-refractivity contribution in [2.24, 2.45) is 64.7 Å². The van der Waals surface area contributed by atoms with Crippen molar-refractivity contribution in [2.45, 2.75) is 360 Å². The molecule has 0 fully saturated rings. The number of nitrogens with one attached hydrogen (secondary N) is 5. The van der Waals surface area contributed by atoms with Gasteiger partial charge in [0, 0.05) is 37.0 Å². The summed E-state index contributed by atoms with van der Waals surface area (Å²) in [5.41, 5.74) is 13.7. The number of rotatable bonds is 46. The predicted molar refractivity (Wildman–Crippen MR) is 549 cm³/mol. The van der Waals surface area contributed by atoms with Gasteiger partial charge in [0.2, 0.25) is 23.6 Å². The molecule has 0 heterocycles. The number of halogens is 3. The number of ketones is 2. The Labute approximate surface area is 844 Å². The molecule has 10 atom stereocenters. The SMILES string of the molecule is CC(C)(C)OC(=O)CN.CC(C)C[C@H](N)C(=O)OC(C)(C)C.CC(C)C[C@H](NC(=O)[C@H](Cc1ccccc1)NC(=O)C(F)(F)F)C(=O)CCC(=O)O.CC[C@@H](Cc1ccccc1)C(=O)N[C@@H](CC(C)C)C(=O)CCC(=O)OC(C)(C)C.CC[C@@H](Cc1ccccc1)C(=O)N[C@@H](CC(C)C)C(=O)OC.CC[C@@H](Cc1ccccc1)C(=O)N[C@@H](CC(C)C)C(=O)OC(C)(C)C.CC[C@@H](Cc1ccccc1)C(=O)OC. The predicted octanol–water partition coefficient (Wildman–Crippen LogP) is 18.2. The maximum atomic E-state index is 12.8.